The van der Waals surface area contributed by atoms with Crippen LogP contribution in [0.25, 0.3) is 0 Å². The van der Waals surface area contributed by atoms with Crippen LogP contribution in [0.3, 0.4) is 0 Å². The Labute approximate surface area is 106 Å². The van der Waals surface area contributed by atoms with E-state index < -0.39 is 0 Å². The molecule has 0 aromatic carbocycles. The first-order valence-corrected chi connectivity index (χ1v) is 5.86. The molecule has 6 nitrogen and oxygen atoms in total. The molecule has 18 heavy (non-hydrogen) atoms. The first kappa shape index (κ1) is 12.8. The van der Waals surface area contributed by atoms with Crippen molar-refractivity contribution in [3.05, 3.63) is 24.5 Å². The van der Waals surface area contributed by atoms with E-state index in [4.69, 9.17) is 9.47 Å². The van der Waals surface area contributed by atoms with Crippen molar-refractivity contribution in [2.24, 2.45) is 0 Å². The molecule has 0 aliphatic carbocycles. The first-order chi connectivity index (χ1) is 8.79. The molecule has 98 valence electrons. The number of urea groups is 1. The monoisotopic (exact) mass is 251 g/mol. The van der Waals surface area contributed by atoms with E-state index in [0.29, 0.717) is 32.0 Å². The summed E-state index contributed by atoms with van der Waals surface area (Å²) < 4.78 is 10.5. The van der Waals surface area contributed by atoms with Crippen LogP contribution in [0.4, 0.5) is 10.5 Å². The molecule has 1 aromatic rings. The van der Waals surface area contributed by atoms with Crippen LogP contribution in [0.2, 0.25) is 0 Å². The highest BCUT2D eigenvalue weighted by Crippen LogP contribution is 2.09. The minimum atomic E-state index is -0.132. The third-order valence-electron chi connectivity index (χ3n) is 2.69. The summed E-state index contributed by atoms with van der Waals surface area (Å²) in [5, 5.41) is 2.80. The Bertz CT molecular complexity index is 383. The highest BCUT2D eigenvalue weighted by atomic mass is 16.5. The van der Waals surface area contributed by atoms with Crippen molar-refractivity contribution >= 4 is 11.7 Å². The van der Waals surface area contributed by atoms with E-state index in [9.17, 15) is 4.79 Å². The summed E-state index contributed by atoms with van der Waals surface area (Å²) in [5.74, 6) is 0. The quantitative estimate of drug-likeness (QED) is 0.869. The molecule has 1 aliphatic rings. The third kappa shape index (κ3) is 3.41. The second kappa shape index (κ2) is 6.32. The molecule has 0 bridgehead atoms. The van der Waals surface area contributed by atoms with Gasteiger partial charge in [0.1, 0.15) is 0 Å². The Morgan fingerprint density at radius 3 is 3.33 bits per heavy atom. The molecular weight excluding hydrogens is 234 g/mol. The Morgan fingerprint density at radius 1 is 1.72 bits per heavy atom. The molecule has 6 heteroatoms. The average molecular weight is 251 g/mol. The number of amides is 2. The van der Waals surface area contributed by atoms with Crippen LogP contribution in [-0.2, 0) is 9.47 Å². The lowest BCUT2D eigenvalue weighted by molar-refractivity contribution is -0.0481. The molecule has 1 aliphatic heterocycles. The average Bonchev–Trinajstić information content (AvgIpc) is 2.40. The highest BCUT2D eigenvalue weighted by molar-refractivity contribution is 5.89. The van der Waals surface area contributed by atoms with Crippen molar-refractivity contribution in [3.8, 4) is 0 Å². The number of hydrogen-bond donors (Lipinski definition) is 1. The van der Waals surface area contributed by atoms with Crippen molar-refractivity contribution < 1.29 is 14.3 Å². The van der Waals surface area contributed by atoms with Crippen molar-refractivity contribution in [3.63, 3.8) is 0 Å². The maximum Gasteiger partial charge on any atom is 0.322 e. The van der Waals surface area contributed by atoms with Crippen LogP contribution in [0.5, 0.6) is 0 Å². The number of carbonyl (C=O) groups is 1. The lowest BCUT2D eigenvalue weighted by Gasteiger charge is -2.32. The molecule has 2 heterocycles. The van der Waals surface area contributed by atoms with Gasteiger partial charge in [-0.25, -0.2) is 4.79 Å². The Kier molecular flexibility index (Phi) is 4.49. The van der Waals surface area contributed by atoms with E-state index in [-0.39, 0.29) is 12.1 Å². The fourth-order valence-corrected chi connectivity index (χ4v) is 1.83. The van der Waals surface area contributed by atoms with Gasteiger partial charge in [0.15, 0.2) is 0 Å². The van der Waals surface area contributed by atoms with Gasteiger partial charge >= 0.3 is 6.03 Å². The normalized spacial score (nSPS) is 19.6. The number of nitrogens with zero attached hydrogens (tertiary/aromatic N) is 2. The first-order valence-electron chi connectivity index (χ1n) is 5.86. The van der Waals surface area contributed by atoms with Gasteiger partial charge in [0.2, 0.25) is 0 Å². The standard InChI is InChI=1S/C12H17N3O3/c1-17-9-11-8-15(5-6-18-11)12(16)14-10-3-2-4-13-7-10/h2-4,7,11H,5-6,8-9H2,1H3,(H,14,16)/t11-/m0/s1. The van der Waals surface area contributed by atoms with Crippen LogP contribution in [0.15, 0.2) is 24.5 Å². The summed E-state index contributed by atoms with van der Waals surface area (Å²) >= 11 is 0. The zero-order valence-corrected chi connectivity index (χ0v) is 10.3. The van der Waals surface area contributed by atoms with Gasteiger partial charge in [-0.1, -0.05) is 0 Å². The number of aromatic nitrogens is 1. The van der Waals surface area contributed by atoms with Gasteiger partial charge in [-0.2, -0.15) is 0 Å². The minimum absolute atomic E-state index is 0.0524. The van der Waals surface area contributed by atoms with Crippen molar-refractivity contribution in [1.82, 2.24) is 9.88 Å². The van der Waals surface area contributed by atoms with Crippen LogP contribution < -0.4 is 5.32 Å². The molecule has 0 unspecified atom stereocenters. The Balaban J connectivity index is 1.88. The fourth-order valence-electron chi connectivity index (χ4n) is 1.83. The van der Waals surface area contributed by atoms with Gasteiger partial charge in [0.05, 0.1) is 37.7 Å². The zero-order valence-electron chi connectivity index (χ0n) is 10.3. The summed E-state index contributed by atoms with van der Waals surface area (Å²) in [6.45, 7) is 2.16. The predicted octanol–water partition coefficient (Wildman–Crippen LogP) is 0.961. The zero-order chi connectivity index (χ0) is 12.8. The maximum atomic E-state index is 12.0. The van der Waals surface area contributed by atoms with Crippen LogP contribution >= 0.6 is 0 Å². The molecule has 1 saturated heterocycles. The molecule has 1 atom stereocenters. The van der Waals surface area contributed by atoms with Gasteiger partial charge in [-0.15, -0.1) is 0 Å². The lowest BCUT2D eigenvalue weighted by Crippen LogP contribution is -2.48. The second-order valence-electron chi connectivity index (χ2n) is 4.07. The summed E-state index contributed by atoms with van der Waals surface area (Å²) in [7, 11) is 1.62. The fraction of sp³-hybridized carbons (Fsp3) is 0.500. The number of anilines is 1. The number of pyridine rings is 1. The molecule has 1 aromatic heterocycles. The summed E-state index contributed by atoms with van der Waals surface area (Å²) in [4.78, 5) is 17.7. The van der Waals surface area contributed by atoms with E-state index in [1.165, 1.54) is 0 Å². The molecule has 1 fully saturated rings. The second-order valence-corrected chi connectivity index (χ2v) is 4.07. The van der Waals surface area contributed by atoms with Gasteiger partial charge in [0, 0.05) is 19.9 Å². The molecular formula is C12H17N3O3. The van der Waals surface area contributed by atoms with E-state index in [0.717, 1.165) is 0 Å². The molecule has 1 N–H and O–H groups in total. The molecule has 2 rings (SSSR count). The number of carbonyl (C=O) groups excluding carboxylic acids is 1. The molecule has 0 radical (unpaired) electrons. The molecule has 0 spiro atoms. The van der Waals surface area contributed by atoms with Gasteiger partial charge in [-0.05, 0) is 12.1 Å². The van der Waals surface area contributed by atoms with Crippen molar-refractivity contribution in [2.45, 2.75) is 6.10 Å². The number of rotatable bonds is 3. The third-order valence-corrected chi connectivity index (χ3v) is 2.69. The highest BCUT2D eigenvalue weighted by Gasteiger charge is 2.24. The van der Waals surface area contributed by atoms with Crippen molar-refractivity contribution in [2.75, 3.05) is 38.7 Å². The van der Waals surface area contributed by atoms with Gasteiger partial charge in [0.25, 0.3) is 0 Å². The SMILES string of the molecule is COC[C@@H]1CN(C(=O)Nc2cccnc2)CCO1. The number of morpholine rings is 1. The van der Waals surface area contributed by atoms with Crippen molar-refractivity contribution in [1.29, 1.82) is 0 Å². The predicted molar refractivity (Wildman–Crippen MR) is 66.4 cm³/mol. The minimum Gasteiger partial charge on any atom is -0.382 e. The van der Waals surface area contributed by atoms with Crippen LogP contribution in [0.1, 0.15) is 0 Å². The van der Waals surface area contributed by atoms with E-state index in [2.05, 4.69) is 10.3 Å². The number of nitrogens with one attached hydrogen (secondary N) is 1. The number of methoxy groups -OCH3 is 1. The van der Waals surface area contributed by atoms with Gasteiger partial charge < -0.3 is 19.7 Å². The van der Waals surface area contributed by atoms with E-state index in [1.807, 2.05) is 0 Å². The summed E-state index contributed by atoms with van der Waals surface area (Å²) in [6.07, 6.45) is 3.23. The van der Waals surface area contributed by atoms with Crippen LogP contribution in [-0.4, -0.2) is 55.4 Å². The largest absolute Gasteiger partial charge is 0.382 e. The number of hydrogen-bond acceptors (Lipinski definition) is 4. The number of ether oxygens (including phenoxy) is 2. The topological polar surface area (TPSA) is 63.7 Å². The van der Waals surface area contributed by atoms with E-state index in [1.54, 1.807) is 36.5 Å². The lowest BCUT2D eigenvalue weighted by atomic mass is 10.3. The molecule has 2 amide bonds. The Hall–Kier alpha value is -1.66. The summed E-state index contributed by atoms with van der Waals surface area (Å²) in [5.41, 5.74) is 0.692. The molecule has 0 saturated carbocycles. The summed E-state index contributed by atoms with van der Waals surface area (Å²) in [6, 6.07) is 3.45. The van der Waals surface area contributed by atoms with E-state index >= 15 is 0 Å². The smallest absolute Gasteiger partial charge is 0.322 e. The van der Waals surface area contributed by atoms with Crippen LogP contribution in [0, 0.1) is 0 Å². The van der Waals surface area contributed by atoms with Gasteiger partial charge in [-0.3, -0.25) is 4.98 Å². The maximum absolute atomic E-state index is 12.0. The Morgan fingerprint density at radius 2 is 2.61 bits per heavy atom.